The van der Waals surface area contributed by atoms with E-state index in [0.717, 1.165) is 5.56 Å². The van der Waals surface area contributed by atoms with Gasteiger partial charge in [0.2, 0.25) is 0 Å². The highest BCUT2D eigenvalue weighted by Gasteiger charge is 2.14. The molecule has 0 saturated carbocycles. The molecule has 0 saturated heterocycles. The van der Waals surface area contributed by atoms with E-state index in [-0.39, 0.29) is 11.2 Å². The number of benzene rings is 1. The summed E-state index contributed by atoms with van der Waals surface area (Å²) in [6.07, 6.45) is 2.92. The lowest BCUT2D eigenvalue weighted by Crippen LogP contribution is -2.21. The highest BCUT2D eigenvalue weighted by molar-refractivity contribution is 5.82. The number of aromatic nitrogens is 5. The van der Waals surface area contributed by atoms with Gasteiger partial charge < -0.3 is 0 Å². The standard InChI is InChI=1S/C16H12FN5O/c1-9-3-4-12(11(17)7-9)21-6-5-13-14(15(21)23)10(2)20-16-18-8-19-22(13)16/h3-8H,1-2H3. The number of nitrogens with zero attached hydrogens (tertiary/aromatic N) is 5. The molecule has 0 bridgehead atoms. The van der Waals surface area contributed by atoms with E-state index in [4.69, 9.17) is 0 Å². The maximum absolute atomic E-state index is 14.2. The summed E-state index contributed by atoms with van der Waals surface area (Å²) in [7, 11) is 0. The van der Waals surface area contributed by atoms with Crippen LogP contribution in [0.2, 0.25) is 0 Å². The number of aryl methyl sites for hydroxylation is 2. The van der Waals surface area contributed by atoms with E-state index in [1.807, 2.05) is 0 Å². The highest BCUT2D eigenvalue weighted by atomic mass is 19.1. The van der Waals surface area contributed by atoms with Gasteiger partial charge in [-0.2, -0.15) is 14.6 Å². The van der Waals surface area contributed by atoms with Crippen molar-refractivity contribution in [3.05, 3.63) is 64.2 Å². The Balaban J connectivity index is 2.11. The maximum Gasteiger partial charge on any atom is 0.266 e. The zero-order valence-corrected chi connectivity index (χ0v) is 12.5. The summed E-state index contributed by atoms with van der Waals surface area (Å²) in [5, 5.41) is 4.48. The molecule has 0 fully saturated rings. The molecule has 0 aliphatic rings. The zero-order chi connectivity index (χ0) is 16.1. The Bertz CT molecular complexity index is 1130. The summed E-state index contributed by atoms with van der Waals surface area (Å²) in [5.74, 6) is -0.0208. The average molecular weight is 309 g/mol. The number of pyridine rings is 1. The summed E-state index contributed by atoms with van der Waals surface area (Å²) >= 11 is 0. The second-order valence-corrected chi connectivity index (χ2v) is 5.38. The van der Waals surface area contributed by atoms with Crippen molar-refractivity contribution in [1.82, 2.24) is 24.1 Å². The SMILES string of the molecule is Cc1ccc(-n2ccc3c(c(C)nc4ncnn43)c2=O)c(F)c1. The molecule has 0 spiro atoms. The number of halogens is 1. The quantitative estimate of drug-likeness (QED) is 0.540. The van der Waals surface area contributed by atoms with E-state index in [2.05, 4.69) is 15.1 Å². The minimum atomic E-state index is -0.445. The van der Waals surface area contributed by atoms with Crippen molar-refractivity contribution in [2.75, 3.05) is 0 Å². The van der Waals surface area contributed by atoms with Gasteiger partial charge in [-0.15, -0.1) is 0 Å². The van der Waals surface area contributed by atoms with Gasteiger partial charge in [0.25, 0.3) is 11.3 Å². The molecule has 4 aromatic rings. The zero-order valence-electron chi connectivity index (χ0n) is 12.5. The molecule has 23 heavy (non-hydrogen) atoms. The Morgan fingerprint density at radius 3 is 2.78 bits per heavy atom. The van der Waals surface area contributed by atoms with Crippen LogP contribution in [0.25, 0.3) is 22.4 Å². The van der Waals surface area contributed by atoms with E-state index in [0.29, 0.717) is 22.4 Å². The fraction of sp³-hybridized carbons (Fsp3) is 0.125. The first-order valence-electron chi connectivity index (χ1n) is 7.04. The third-order valence-electron chi connectivity index (χ3n) is 3.82. The Hall–Kier alpha value is -3.09. The molecule has 0 amide bonds. The first kappa shape index (κ1) is 13.6. The molecule has 0 unspecified atom stereocenters. The monoisotopic (exact) mass is 309 g/mol. The molecule has 114 valence electrons. The molecule has 4 rings (SSSR count). The van der Waals surface area contributed by atoms with Crippen LogP contribution >= 0.6 is 0 Å². The van der Waals surface area contributed by atoms with Crippen LogP contribution in [0.1, 0.15) is 11.3 Å². The smallest absolute Gasteiger partial charge is 0.266 e. The second-order valence-electron chi connectivity index (χ2n) is 5.38. The van der Waals surface area contributed by atoms with Crippen LogP contribution in [0.4, 0.5) is 4.39 Å². The lowest BCUT2D eigenvalue weighted by Gasteiger charge is -2.10. The predicted octanol–water partition coefficient (Wildman–Crippen LogP) is 2.18. The first-order chi connectivity index (χ1) is 11.1. The van der Waals surface area contributed by atoms with Gasteiger partial charge in [0, 0.05) is 6.20 Å². The fourth-order valence-corrected chi connectivity index (χ4v) is 2.73. The van der Waals surface area contributed by atoms with Gasteiger partial charge >= 0.3 is 0 Å². The van der Waals surface area contributed by atoms with Crippen molar-refractivity contribution in [2.45, 2.75) is 13.8 Å². The van der Waals surface area contributed by atoms with Crippen LogP contribution in [0.3, 0.4) is 0 Å². The molecule has 0 radical (unpaired) electrons. The molecule has 1 aromatic carbocycles. The van der Waals surface area contributed by atoms with Gasteiger partial charge in [0.05, 0.1) is 22.3 Å². The van der Waals surface area contributed by atoms with Crippen LogP contribution in [0.5, 0.6) is 0 Å². The van der Waals surface area contributed by atoms with Crippen LogP contribution in [0, 0.1) is 19.7 Å². The lowest BCUT2D eigenvalue weighted by atomic mass is 10.2. The minimum Gasteiger partial charge on any atom is -0.281 e. The third kappa shape index (κ3) is 1.93. The number of fused-ring (bicyclic) bond motifs is 3. The summed E-state index contributed by atoms with van der Waals surface area (Å²) < 4.78 is 17.0. The van der Waals surface area contributed by atoms with Crippen molar-refractivity contribution in [3.8, 4) is 5.69 Å². The van der Waals surface area contributed by atoms with Gasteiger partial charge in [-0.3, -0.25) is 9.36 Å². The van der Waals surface area contributed by atoms with E-state index in [9.17, 15) is 9.18 Å². The first-order valence-corrected chi connectivity index (χ1v) is 7.04. The molecular formula is C16H12FN5O. The fourth-order valence-electron chi connectivity index (χ4n) is 2.73. The third-order valence-corrected chi connectivity index (χ3v) is 3.82. The normalized spacial score (nSPS) is 11.4. The molecule has 3 aromatic heterocycles. The molecular weight excluding hydrogens is 297 g/mol. The van der Waals surface area contributed by atoms with Gasteiger partial charge in [-0.1, -0.05) is 6.07 Å². The Labute approximate surface area is 129 Å². The van der Waals surface area contributed by atoms with E-state index in [1.54, 1.807) is 38.2 Å². The van der Waals surface area contributed by atoms with Crippen LogP contribution in [-0.2, 0) is 0 Å². The Morgan fingerprint density at radius 1 is 1.17 bits per heavy atom. The molecule has 0 aliphatic carbocycles. The largest absolute Gasteiger partial charge is 0.281 e. The van der Waals surface area contributed by atoms with Crippen LogP contribution in [0.15, 0.2) is 41.6 Å². The Morgan fingerprint density at radius 2 is 2.00 bits per heavy atom. The van der Waals surface area contributed by atoms with E-state index < -0.39 is 5.82 Å². The second kappa shape index (κ2) is 4.70. The highest BCUT2D eigenvalue weighted by Crippen LogP contribution is 2.17. The summed E-state index contributed by atoms with van der Waals surface area (Å²) in [6.45, 7) is 3.53. The van der Waals surface area contributed by atoms with Gasteiger partial charge in [0.15, 0.2) is 0 Å². The van der Waals surface area contributed by atoms with Crippen molar-refractivity contribution in [2.24, 2.45) is 0 Å². The van der Waals surface area contributed by atoms with Crippen molar-refractivity contribution in [3.63, 3.8) is 0 Å². The lowest BCUT2D eigenvalue weighted by molar-refractivity contribution is 0.615. The van der Waals surface area contributed by atoms with Gasteiger partial charge in [0.1, 0.15) is 12.1 Å². The number of hydrogen-bond donors (Lipinski definition) is 0. The summed E-state index contributed by atoms with van der Waals surface area (Å²) in [4.78, 5) is 21.2. The molecule has 0 atom stereocenters. The predicted molar refractivity (Wildman–Crippen MR) is 83.3 cm³/mol. The van der Waals surface area contributed by atoms with Gasteiger partial charge in [-0.05, 0) is 37.6 Å². The maximum atomic E-state index is 14.2. The topological polar surface area (TPSA) is 65.1 Å². The van der Waals surface area contributed by atoms with Crippen LogP contribution in [-0.4, -0.2) is 24.1 Å². The van der Waals surface area contributed by atoms with Crippen molar-refractivity contribution < 1.29 is 4.39 Å². The average Bonchev–Trinajstić information content (AvgIpc) is 2.96. The number of rotatable bonds is 1. The molecule has 3 heterocycles. The van der Waals surface area contributed by atoms with Gasteiger partial charge in [-0.25, -0.2) is 9.37 Å². The molecule has 0 N–H and O–H groups in total. The van der Waals surface area contributed by atoms with E-state index >= 15 is 0 Å². The number of hydrogen-bond acceptors (Lipinski definition) is 4. The van der Waals surface area contributed by atoms with Crippen LogP contribution < -0.4 is 5.56 Å². The van der Waals surface area contributed by atoms with Crippen molar-refractivity contribution >= 4 is 16.7 Å². The van der Waals surface area contributed by atoms with Crippen molar-refractivity contribution in [1.29, 1.82) is 0 Å². The molecule has 7 heteroatoms. The Kier molecular flexibility index (Phi) is 2.77. The molecule has 0 aliphatic heterocycles. The molecule has 6 nitrogen and oxygen atoms in total. The van der Waals surface area contributed by atoms with E-state index in [1.165, 1.54) is 21.5 Å². The minimum absolute atomic E-state index is 0.209. The summed E-state index contributed by atoms with van der Waals surface area (Å²) in [5.41, 5.74) is 1.79. The summed E-state index contributed by atoms with van der Waals surface area (Å²) in [6, 6.07) is 6.47.